The Bertz CT molecular complexity index is 926. The van der Waals surface area contributed by atoms with Gasteiger partial charge in [0.1, 0.15) is 17.5 Å². The molecule has 1 amide bonds. The van der Waals surface area contributed by atoms with E-state index in [-0.39, 0.29) is 11.4 Å². The van der Waals surface area contributed by atoms with Crippen molar-refractivity contribution in [3.05, 3.63) is 63.4 Å². The summed E-state index contributed by atoms with van der Waals surface area (Å²) in [5, 5.41) is 12.1. The van der Waals surface area contributed by atoms with Gasteiger partial charge in [-0.05, 0) is 73.4 Å². The summed E-state index contributed by atoms with van der Waals surface area (Å²) in [6, 6.07) is 12.1. The maximum absolute atomic E-state index is 14.6. The molecule has 0 spiro atoms. The Hall–Kier alpha value is -2.65. The minimum atomic E-state index is -0.525. The molecule has 0 aliphatic carbocycles. The van der Waals surface area contributed by atoms with E-state index in [0.717, 1.165) is 36.0 Å². The molecule has 0 aromatic heterocycles. The summed E-state index contributed by atoms with van der Waals surface area (Å²) in [5.74, 6) is -0.859. The first kappa shape index (κ1) is 19.1. The normalized spacial score (nSPS) is 14.1. The Morgan fingerprint density at radius 3 is 2.56 bits per heavy atom. The van der Waals surface area contributed by atoms with Gasteiger partial charge in [0.15, 0.2) is 0 Å². The van der Waals surface area contributed by atoms with Crippen LogP contribution in [0.5, 0.6) is 0 Å². The third-order valence-corrected chi connectivity index (χ3v) is 5.08. The lowest BCUT2D eigenvalue weighted by Crippen LogP contribution is -2.19. The second kappa shape index (κ2) is 8.36. The molecule has 0 unspecified atom stereocenters. The average molecular weight is 428 g/mol. The van der Waals surface area contributed by atoms with E-state index in [9.17, 15) is 14.4 Å². The SMILES string of the molecule is Cc1cc(N2CCCC2)c(F)cc1C=C(C#N)C(=O)Nc1ccc(Br)cc1. The van der Waals surface area contributed by atoms with Gasteiger partial charge in [0.05, 0.1) is 5.69 Å². The van der Waals surface area contributed by atoms with Crippen LogP contribution in [0.4, 0.5) is 15.8 Å². The summed E-state index contributed by atoms with van der Waals surface area (Å²) in [6.07, 6.45) is 3.56. The maximum atomic E-state index is 14.6. The van der Waals surface area contributed by atoms with Crippen LogP contribution in [0.3, 0.4) is 0 Å². The van der Waals surface area contributed by atoms with E-state index in [1.54, 1.807) is 30.3 Å². The number of aryl methyl sites for hydroxylation is 1. The molecule has 6 heteroatoms. The van der Waals surface area contributed by atoms with Crippen LogP contribution in [-0.2, 0) is 4.79 Å². The van der Waals surface area contributed by atoms with Gasteiger partial charge in [-0.3, -0.25) is 4.79 Å². The molecule has 1 aliphatic rings. The highest BCUT2D eigenvalue weighted by Crippen LogP contribution is 2.28. The molecule has 1 heterocycles. The zero-order chi connectivity index (χ0) is 19.4. The molecule has 0 bridgehead atoms. The predicted molar refractivity (Wildman–Crippen MR) is 109 cm³/mol. The second-order valence-corrected chi connectivity index (χ2v) is 7.40. The fourth-order valence-corrected chi connectivity index (χ4v) is 3.34. The van der Waals surface area contributed by atoms with E-state index in [1.165, 1.54) is 12.1 Å². The quantitative estimate of drug-likeness (QED) is 0.548. The Balaban J connectivity index is 1.84. The van der Waals surface area contributed by atoms with E-state index in [4.69, 9.17) is 0 Å². The van der Waals surface area contributed by atoms with E-state index < -0.39 is 5.91 Å². The number of halogens is 2. The number of hydrogen-bond donors (Lipinski definition) is 1. The van der Waals surface area contributed by atoms with Crippen molar-refractivity contribution in [2.45, 2.75) is 19.8 Å². The van der Waals surface area contributed by atoms with E-state index >= 15 is 0 Å². The number of carbonyl (C=O) groups is 1. The van der Waals surface area contributed by atoms with Crippen LogP contribution in [0, 0.1) is 24.1 Å². The minimum Gasteiger partial charge on any atom is -0.369 e. The number of rotatable bonds is 4. The van der Waals surface area contributed by atoms with Crippen molar-refractivity contribution in [1.29, 1.82) is 5.26 Å². The zero-order valence-corrected chi connectivity index (χ0v) is 16.5. The van der Waals surface area contributed by atoms with Crippen LogP contribution < -0.4 is 10.2 Å². The number of amides is 1. The van der Waals surface area contributed by atoms with Crippen LogP contribution >= 0.6 is 15.9 Å². The highest BCUT2D eigenvalue weighted by Gasteiger charge is 2.18. The molecule has 0 atom stereocenters. The molecule has 3 rings (SSSR count). The number of benzene rings is 2. The average Bonchev–Trinajstić information content (AvgIpc) is 3.18. The number of nitriles is 1. The van der Waals surface area contributed by atoms with Gasteiger partial charge < -0.3 is 10.2 Å². The van der Waals surface area contributed by atoms with Crippen molar-refractivity contribution in [2.75, 3.05) is 23.3 Å². The lowest BCUT2D eigenvalue weighted by Gasteiger charge is -2.19. The summed E-state index contributed by atoms with van der Waals surface area (Å²) in [6.45, 7) is 3.56. The summed E-state index contributed by atoms with van der Waals surface area (Å²) in [7, 11) is 0. The molecule has 0 saturated carbocycles. The molecular formula is C21H19BrFN3O. The van der Waals surface area contributed by atoms with Gasteiger partial charge in [0.25, 0.3) is 5.91 Å². The van der Waals surface area contributed by atoms with E-state index in [1.807, 2.05) is 17.9 Å². The van der Waals surface area contributed by atoms with Crippen LogP contribution in [-0.4, -0.2) is 19.0 Å². The van der Waals surface area contributed by atoms with Gasteiger partial charge in [0, 0.05) is 23.2 Å². The summed E-state index contributed by atoms with van der Waals surface area (Å²) >= 11 is 3.33. The lowest BCUT2D eigenvalue weighted by molar-refractivity contribution is -0.112. The van der Waals surface area contributed by atoms with Crippen molar-refractivity contribution in [3.63, 3.8) is 0 Å². The van der Waals surface area contributed by atoms with Gasteiger partial charge in [-0.25, -0.2) is 4.39 Å². The van der Waals surface area contributed by atoms with Crippen LogP contribution in [0.2, 0.25) is 0 Å². The largest absolute Gasteiger partial charge is 0.369 e. The standard InChI is InChI=1S/C21H19BrFN3O/c1-14-10-20(26-8-2-3-9-26)19(23)12-15(14)11-16(13-24)21(27)25-18-6-4-17(22)5-7-18/h4-7,10-12H,2-3,8-9H2,1H3,(H,25,27). The number of carbonyl (C=O) groups excluding carboxylic acids is 1. The molecule has 0 radical (unpaired) electrons. The van der Waals surface area contributed by atoms with Gasteiger partial charge in [-0.2, -0.15) is 5.26 Å². The Labute approximate surface area is 166 Å². The number of anilines is 2. The summed E-state index contributed by atoms with van der Waals surface area (Å²) < 4.78 is 15.5. The fraction of sp³-hybridized carbons (Fsp3) is 0.238. The van der Waals surface area contributed by atoms with Gasteiger partial charge in [-0.15, -0.1) is 0 Å². The van der Waals surface area contributed by atoms with Crippen molar-refractivity contribution in [3.8, 4) is 6.07 Å². The highest BCUT2D eigenvalue weighted by atomic mass is 79.9. The van der Waals surface area contributed by atoms with Crippen LogP contribution in [0.25, 0.3) is 6.08 Å². The summed E-state index contributed by atoms with van der Waals surface area (Å²) in [5.41, 5.74) is 2.44. The predicted octanol–water partition coefficient (Wildman–Crippen LogP) is 5.04. The van der Waals surface area contributed by atoms with Gasteiger partial charge in [0.2, 0.25) is 0 Å². The van der Waals surface area contributed by atoms with Gasteiger partial charge in [-0.1, -0.05) is 15.9 Å². The highest BCUT2D eigenvalue weighted by molar-refractivity contribution is 9.10. The summed E-state index contributed by atoms with van der Waals surface area (Å²) in [4.78, 5) is 14.4. The lowest BCUT2D eigenvalue weighted by atomic mass is 10.0. The topological polar surface area (TPSA) is 56.1 Å². The van der Waals surface area contributed by atoms with E-state index in [0.29, 0.717) is 16.9 Å². The molecule has 1 fully saturated rings. The third-order valence-electron chi connectivity index (χ3n) is 4.55. The third kappa shape index (κ3) is 4.55. The molecule has 2 aromatic carbocycles. The van der Waals surface area contributed by atoms with Crippen molar-refractivity contribution in [2.24, 2.45) is 0 Å². The second-order valence-electron chi connectivity index (χ2n) is 6.49. The molecule has 2 aromatic rings. The Morgan fingerprint density at radius 1 is 1.26 bits per heavy atom. The molecule has 1 aliphatic heterocycles. The molecule has 27 heavy (non-hydrogen) atoms. The molecule has 138 valence electrons. The smallest absolute Gasteiger partial charge is 0.266 e. The van der Waals surface area contributed by atoms with E-state index in [2.05, 4.69) is 21.2 Å². The molecule has 1 N–H and O–H groups in total. The first-order valence-corrected chi connectivity index (χ1v) is 9.51. The van der Waals surface area contributed by atoms with Crippen molar-refractivity contribution in [1.82, 2.24) is 0 Å². The van der Waals surface area contributed by atoms with Crippen LogP contribution in [0.1, 0.15) is 24.0 Å². The maximum Gasteiger partial charge on any atom is 0.266 e. The zero-order valence-electron chi connectivity index (χ0n) is 14.9. The fourth-order valence-electron chi connectivity index (χ4n) is 3.07. The first-order valence-electron chi connectivity index (χ1n) is 8.72. The number of hydrogen-bond acceptors (Lipinski definition) is 3. The molecular weight excluding hydrogens is 409 g/mol. The Morgan fingerprint density at radius 2 is 1.93 bits per heavy atom. The van der Waals surface area contributed by atoms with Crippen LogP contribution in [0.15, 0.2) is 46.4 Å². The van der Waals surface area contributed by atoms with Crippen molar-refractivity contribution >= 4 is 39.3 Å². The molecule has 1 saturated heterocycles. The monoisotopic (exact) mass is 427 g/mol. The van der Waals surface area contributed by atoms with Crippen molar-refractivity contribution < 1.29 is 9.18 Å². The number of nitrogens with zero attached hydrogens (tertiary/aromatic N) is 2. The minimum absolute atomic E-state index is 0.0747. The van der Waals surface area contributed by atoms with Gasteiger partial charge >= 0.3 is 0 Å². The molecule has 4 nitrogen and oxygen atoms in total. The number of nitrogens with one attached hydrogen (secondary N) is 1. The Kier molecular flexibility index (Phi) is 5.92. The first-order chi connectivity index (χ1) is 13.0.